The molecule has 1 fully saturated rings. The molecule has 36 heavy (non-hydrogen) atoms. The van der Waals surface area contributed by atoms with Crippen LogP contribution in [-0.2, 0) is 0 Å². The molecule has 4 heterocycles. The number of halogens is 1. The molecule has 1 N–H and O–H groups in total. The molecule has 1 atom stereocenters. The van der Waals surface area contributed by atoms with Crippen LogP contribution < -0.4 is 5.32 Å². The SMILES string of the molecule is Cc1cc(C)cc(C(=O)CC2CN(C(=O)c3nc(N[C@@H](C)c4cncc(F)c4)nc4ccsc34)C2)c1. The Labute approximate surface area is 212 Å². The zero-order valence-electron chi connectivity index (χ0n) is 20.3. The standard InChI is InChI=1S/C27H26FN5O2S/c1-15-6-16(2)8-19(7-15)23(34)9-18-13-33(14-18)26(35)24-25-22(4-5-36-25)31-27(32-24)30-17(3)20-10-21(28)12-29-11-20/h4-8,10-12,17-18H,9,13-14H2,1-3H3,(H,30,31,32)/t17-/m0/s1. The summed E-state index contributed by atoms with van der Waals surface area (Å²) in [4.78, 5) is 40.8. The lowest BCUT2D eigenvalue weighted by atomic mass is 9.90. The van der Waals surface area contributed by atoms with Crippen molar-refractivity contribution in [2.24, 2.45) is 5.92 Å². The van der Waals surface area contributed by atoms with E-state index >= 15 is 0 Å². The maximum atomic E-state index is 13.6. The Hall–Kier alpha value is -3.72. The predicted molar refractivity (Wildman–Crippen MR) is 138 cm³/mol. The van der Waals surface area contributed by atoms with Crippen molar-refractivity contribution >= 4 is 39.2 Å². The van der Waals surface area contributed by atoms with Gasteiger partial charge in [-0.05, 0) is 56.0 Å². The summed E-state index contributed by atoms with van der Waals surface area (Å²) >= 11 is 1.42. The molecule has 1 saturated heterocycles. The van der Waals surface area contributed by atoms with Gasteiger partial charge < -0.3 is 10.2 Å². The minimum Gasteiger partial charge on any atom is -0.348 e. The van der Waals surface area contributed by atoms with Crippen molar-refractivity contribution in [3.8, 4) is 0 Å². The fourth-order valence-electron chi connectivity index (χ4n) is 4.55. The highest BCUT2D eigenvalue weighted by Crippen LogP contribution is 2.29. The molecule has 4 aromatic rings. The van der Waals surface area contributed by atoms with Crippen LogP contribution in [0.5, 0.6) is 0 Å². The monoisotopic (exact) mass is 503 g/mol. The largest absolute Gasteiger partial charge is 0.348 e. The number of Topliss-reactive ketones (excluding diaryl/α,β-unsaturated/α-hetero) is 1. The van der Waals surface area contributed by atoms with Gasteiger partial charge in [-0.15, -0.1) is 11.3 Å². The minimum atomic E-state index is -0.422. The molecule has 1 amide bonds. The number of carbonyl (C=O) groups excluding carboxylic acids is 2. The van der Waals surface area contributed by atoms with E-state index in [0.717, 1.165) is 27.6 Å². The molecule has 0 bridgehead atoms. The first kappa shape index (κ1) is 24.0. The van der Waals surface area contributed by atoms with Crippen LogP contribution in [0.4, 0.5) is 10.3 Å². The molecule has 3 aromatic heterocycles. The fourth-order valence-corrected chi connectivity index (χ4v) is 5.36. The van der Waals surface area contributed by atoms with Gasteiger partial charge in [-0.25, -0.2) is 14.4 Å². The number of likely N-dealkylation sites (tertiary alicyclic amines) is 1. The number of thiophene rings is 1. The first-order valence-corrected chi connectivity index (χ1v) is 12.7. The van der Waals surface area contributed by atoms with Crippen molar-refractivity contribution in [2.75, 3.05) is 18.4 Å². The molecule has 0 aliphatic carbocycles. The number of nitrogens with zero attached hydrogens (tertiary/aromatic N) is 4. The second kappa shape index (κ2) is 9.73. The quantitative estimate of drug-likeness (QED) is 0.342. The van der Waals surface area contributed by atoms with Crippen molar-refractivity contribution in [3.63, 3.8) is 0 Å². The van der Waals surface area contributed by atoms with E-state index in [1.54, 1.807) is 11.1 Å². The molecule has 5 rings (SSSR count). The van der Waals surface area contributed by atoms with Crippen molar-refractivity contribution < 1.29 is 14.0 Å². The highest BCUT2D eigenvalue weighted by Gasteiger charge is 2.34. The summed E-state index contributed by atoms with van der Waals surface area (Å²) in [7, 11) is 0. The van der Waals surface area contributed by atoms with Crippen LogP contribution in [0.3, 0.4) is 0 Å². The maximum absolute atomic E-state index is 13.6. The van der Waals surface area contributed by atoms with E-state index in [1.165, 1.54) is 17.4 Å². The summed E-state index contributed by atoms with van der Waals surface area (Å²) in [6.07, 6.45) is 3.14. The summed E-state index contributed by atoms with van der Waals surface area (Å²) in [5.74, 6) is -0.0735. The predicted octanol–water partition coefficient (Wildman–Crippen LogP) is 5.36. The van der Waals surface area contributed by atoms with Crippen LogP contribution in [0.25, 0.3) is 10.2 Å². The van der Waals surface area contributed by atoms with E-state index < -0.39 is 5.82 Å². The topological polar surface area (TPSA) is 88.1 Å². The molecule has 1 aromatic carbocycles. The summed E-state index contributed by atoms with van der Waals surface area (Å²) < 4.78 is 14.3. The van der Waals surface area contributed by atoms with E-state index in [4.69, 9.17) is 0 Å². The van der Waals surface area contributed by atoms with Crippen LogP contribution in [0, 0.1) is 25.6 Å². The summed E-state index contributed by atoms with van der Waals surface area (Å²) in [5.41, 5.74) is 4.52. The average Bonchev–Trinajstić information content (AvgIpc) is 3.28. The Morgan fingerprint density at radius 1 is 1.14 bits per heavy atom. The third-order valence-corrected chi connectivity index (χ3v) is 7.25. The van der Waals surface area contributed by atoms with Gasteiger partial charge >= 0.3 is 0 Å². The number of amides is 1. The van der Waals surface area contributed by atoms with Crippen molar-refractivity contribution in [1.82, 2.24) is 19.9 Å². The van der Waals surface area contributed by atoms with E-state index in [9.17, 15) is 14.0 Å². The van der Waals surface area contributed by atoms with Gasteiger partial charge in [-0.1, -0.05) is 17.2 Å². The Bertz CT molecular complexity index is 1440. The summed E-state index contributed by atoms with van der Waals surface area (Å²) in [6.45, 7) is 6.85. The molecule has 184 valence electrons. The number of aromatic nitrogens is 3. The number of pyridine rings is 1. The zero-order valence-corrected chi connectivity index (χ0v) is 21.1. The smallest absolute Gasteiger partial charge is 0.274 e. The number of benzene rings is 1. The number of ketones is 1. The first-order chi connectivity index (χ1) is 17.3. The van der Waals surface area contributed by atoms with Gasteiger partial charge in [0.25, 0.3) is 5.91 Å². The second-order valence-electron chi connectivity index (χ2n) is 9.41. The number of hydrogen-bond donors (Lipinski definition) is 1. The number of fused-ring (bicyclic) bond motifs is 1. The van der Waals surface area contributed by atoms with Crippen LogP contribution in [0.15, 0.2) is 48.1 Å². The number of carbonyl (C=O) groups is 2. The number of hydrogen-bond acceptors (Lipinski definition) is 7. The first-order valence-electron chi connectivity index (χ1n) is 11.8. The molecular formula is C27H26FN5O2S. The van der Waals surface area contributed by atoms with Crippen LogP contribution >= 0.6 is 11.3 Å². The molecule has 1 aliphatic rings. The van der Waals surface area contributed by atoms with Gasteiger partial charge in [0.1, 0.15) is 5.82 Å². The molecule has 1 aliphatic heterocycles. The lowest BCUT2D eigenvalue weighted by Crippen LogP contribution is -2.50. The van der Waals surface area contributed by atoms with Gasteiger partial charge in [-0.2, -0.15) is 0 Å². The fraction of sp³-hybridized carbons (Fsp3) is 0.296. The summed E-state index contributed by atoms with van der Waals surface area (Å²) in [5, 5.41) is 5.04. The van der Waals surface area contributed by atoms with E-state index in [0.29, 0.717) is 42.2 Å². The molecule has 0 unspecified atom stereocenters. The Morgan fingerprint density at radius 2 is 1.89 bits per heavy atom. The molecular weight excluding hydrogens is 477 g/mol. The summed E-state index contributed by atoms with van der Waals surface area (Å²) in [6, 6.07) is 8.82. The number of nitrogens with one attached hydrogen (secondary N) is 1. The van der Waals surface area contributed by atoms with Gasteiger partial charge in [0.15, 0.2) is 11.5 Å². The molecule has 0 radical (unpaired) electrons. The van der Waals surface area contributed by atoms with E-state index in [2.05, 4.69) is 20.3 Å². The molecule has 0 saturated carbocycles. The van der Waals surface area contributed by atoms with Gasteiger partial charge in [0.2, 0.25) is 5.95 Å². The third kappa shape index (κ3) is 4.97. The average molecular weight is 504 g/mol. The van der Waals surface area contributed by atoms with Crippen LogP contribution in [-0.4, -0.2) is 44.6 Å². The molecule has 9 heteroatoms. The maximum Gasteiger partial charge on any atom is 0.274 e. The number of aryl methyl sites for hydroxylation is 2. The van der Waals surface area contributed by atoms with Crippen LogP contribution in [0.1, 0.15) is 56.9 Å². The van der Waals surface area contributed by atoms with Gasteiger partial charge in [0, 0.05) is 37.2 Å². The van der Waals surface area contributed by atoms with Crippen molar-refractivity contribution in [1.29, 1.82) is 0 Å². The van der Waals surface area contributed by atoms with Crippen molar-refractivity contribution in [2.45, 2.75) is 33.2 Å². The van der Waals surface area contributed by atoms with E-state index in [-0.39, 0.29) is 23.7 Å². The van der Waals surface area contributed by atoms with E-state index in [1.807, 2.05) is 50.4 Å². The Kier molecular flexibility index (Phi) is 6.49. The molecule has 7 nitrogen and oxygen atoms in total. The Morgan fingerprint density at radius 3 is 2.61 bits per heavy atom. The highest BCUT2D eigenvalue weighted by atomic mass is 32.1. The highest BCUT2D eigenvalue weighted by molar-refractivity contribution is 7.17. The normalized spacial score (nSPS) is 14.5. The molecule has 0 spiro atoms. The third-order valence-electron chi connectivity index (χ3n) is 6.34. The minimum absolute atomic E-state index is 0.105. The van der Waals surface area contributed by atoms with Crippen LogP contribution in [0.2, 0.25) is 0 Å². The lowest BCUT2D eigenvalue weighted by Gasteiger charge is -2.39. The van der Waals surface area contributed by atoms with Gasteiger partial charge in [0.05, 0.1) is 22.5 Å². The van der Waals surface area contributed by atoms with Crippen molar-refractivity contribution in [3.05, 3.63) is 81.9 Å². The number of rotatable bonds is 7. The van der Waals surface area contributed by atoms with Gasteiger partial charge in [-0.3, -0.25) is 14.6 Å². The second-order valence-corrected chi connectivity index (χ2v) is 10.3. The lowest BCUT2D eigenvalue weighted by molar-refractivity contribution is 0.0466. The zero-order chi connectivity index (χ0) is 25.4. The number of anilines is 1. The Balaban J connectivity index is 1.28.